The number of hydrogen-bond acceptors (Lipinski definition) is 6. The molecule has 2 saturated heterocycles. The fourth-order valence-electron chi connectivity index (χ4n) is 2.93. The molecule has 0 aliphatic carbocycles. The molecule has 2 aliphatic heterocycles. The maximum Gasteiger partial charge on any atom is 0.266 e. The summed E-state index contributed by atoms with van der Waals surface area (Å²) in [6.45, 7) is 2.92. The summed E-state index contributed by atoms with van der Waals surface area (Å²) in [7, 11) is 1.61. The van der Waals surface area contributed by atoms with Gasteiger partial charge < -0.3 is 14.4 Å². The maximum absolute atomic E-state index is 12.7. The van der Waals surface area contributed by atoms with Crippen LogP contribution in [0.2, 0.25) is 0 Å². The van der Waals surface area contributed by atoms with E-state index in [0.29, 0.717) is 54.9 Å². The molecule has 144 valence electrons. The van der Waals surface area contributed by atoms with E-state index in [0.717, 1.165) is 11.3 Å². The zero-order chi connectivity index (χ0) is 19.2. The van der Waals surface area contributed by atoms with Crippen LogP contribution in [0.3, 0.4) is 0 Å². The lowest BCUT2D eigenvalue weighted by molar-refractivity contribution is -0.135. The number of hydrogen-bond donors (Lipinski definition) is 0. The van der Waals surface area contributed by atoms with Gasteiger partial charge >= 0.3 is 0 Å². The van der Waals surface area contributed by atoms with Crippen LogP contribution < -0.4 is 4.74 Å². The number of rotatable bonds is 6. The maximum atomic E-state index is 12.7. The van der Waals surface area contributed by atoms with Crippen LogP contribution in [-0.2, 0) is 14.3 Å². The van der Waals surface area contributed by atoms with Gasteiger partial charge in [0.1, 0.15) is 10.1 Å². The first-order valence-electron chi connectivity index (χ1n) is 8.83. The summed E-state index contributed by atoms with van der Waals surface area (Å²) in [6, 6.07) is 7.51. The molecule has 2 aliphatic rings. The van der Waals surface area contributed by atoms with Gasteiger partial charge in [-0.25, -0.2) is 0 Å². The minimum absolute atomic E-state index is 0.105. The van der Waals surface area contributed by atoms with Gasteiger partial charge in [0.2, 0.25) is 5.91 Å². The number of ether oxygens (including phenoxy) is 2. The molecule has 0 aromatic heterocycles. The van der Waals surface area contributed by atoms with E-state index in [1.807, 2.05) is 35.2 Å². The fourth-order valence-corrected chi connectivity index (χ4v) is 4.24. The molecule has 0 atom stereocenters. The highest BCUT2D eigenvalue weighted by Gasteiger charge is 2.31. The molecule has 0 spiro atoms. The molecule has 0 saturated carbocycles. The van der Waals surface area contributed by atoms with Crippen molar-refractivity contribution in [2.75, 3.05) is 40.0 Å². The lowest BCUT2D eigenvalue weighted by Crippen LogP contribution is -2.41. The average Bonchev–Trinajstić information content (AvgIpc) is 2.96. The summed E-state index contributed by atoms with van der Waals surface area (Å²) in [5.74, 6) is 0.739. The minimum atomic E-state index is -0.105. The zero-order valence-corrected chi connectivity index (χ0v) is 16.8. The molecule has 27 heavy (non-hydrogen) atoms. The largest absolute Gasteiger partial charge is 0.497 e. The van der Waals surface area contributed by atoms with Crippen molar-refractivity contribution in [2.24, 2.45) is 0 Å². The van der Waals surface area contributed by atoms with Gasteiger partial charge in [-0.1, -0.05) is 36.1 Å². The Kier molecular flexibility index (Phi) is 6.87. The Hall–Kier alpha value is -1.90. The third-order valence-corrected chi connectivity index (χ3v) is 5.78. The van der Waals surface area contributed by atoms with Crippen molar-refractivity contribution < 1.29 is 19.1 Å². The zero-order valence-electron chi connectivity index (χ0n) is 15.2. The highest BCUT2D eigenvalue weighted by atomic mass is 32.2. The minimum Gasteiger partial charge on any atom is -0.497 e. The normalized spacial score (nSPS) is 19.1. The highest BCUT2D eigenvalue weighted by Crippen LogP contribution is 2.33. The summed E-state index contributed by atoms with van der Waals surface area (Å²) in [6.07, 6.45) is 2.82. The van der Waals surface area contributed by atoms with Crippen LogP contribution >= 0.6 is 24.0 Å². The van der Waals surface area contributed by atoms with Crippen LogP contribution in [-0.4, -0.2) is 65.9 Å². The van der Waals surface area contributed by atoms with E-state index in [1.165, 1.54) is 11.8 Å². The Balaban J connectivity index is 1.55. The molecule has 0 bridgehead atoms. The predicted molar refractivity (Wildman–Crippen MR) is 110 cm³/mol. The fraction of sp³-hybridized carbons (Fsp3) is 0.421. The molecular formula is C19H22N2O4S2. The molecule has 2 amide bonds. The van der Waals surface area contributed by atoms with E-state index in [2.05, 4.69) is 0 Å². The Labute approximate surface area is 168 Å². The van der Waals surface area contributed by atoms with Crippen molar-refractivity contribution >= 4 is 46.2 Å². The first kappa shape index (κ1) is 19.9. The first-order chi connectivity index (χ1) is 13.1. The molecule has 1 aromatic rings. The molecule has 0 N–H and O–H groups in total. The van der Waals surface area contributed by atoms with Crippen LogP contribution in [0, 0.1) is 0 Å². The van der Waals surface area contributed by atoms with Gasteiger partial charge in [0.05, 0.1) is 25.2 Å². The van der Waals surface area contributed by atoms with E-state index in [1.54, 1.807) is 12.0 Å². The van der Waals surface area contributed by atoms with Gasteiger partial charge in [-0.2, -0.15) is 0 Å². The van der Waals surface area contributed by atoms with Crippen LogP contribution in [0.4, 0.5) is 0 Å². The lowest BCUT2D eigenvalue weighted by atomic mass is 10.2. The van der Waals surface area contributed by atoms with Crippen LogP contribution in [0.25, 0.3) is 6.08 Å². The Bertz CT molecular complexity index is 760. The number of benzene rings is 1. The van der Waals surface area contributed by atoms with Crippen molar-refractivity contribution in [3.8, 4) is 5.75 Å². The molecule has 8 heteroatoms. The molecular weight excluding hydrogens is 384 g/mol. The van der Waals surface area contributed by atoms with Gasteiger partial charge in [0.15, 0.2) is 0 Å². The van der Waals surface area contributed by atoms with Gasteiger partial charge in [0.25, 0.3) is 5.91 Å². The number of thioether (sulfide) groups is 1. The number of carbonyl (C=O) groups excluding carboxylic acids is 2. The standard InChI is InChI=1S/C19H22N2O4S2/c1-24-15-5-2-4-14(12-15)13-16-18(23)21(19(26)27-16)7-3-6-17(22)20-8-10-25-11-9-20/h2,4-5,12-13H,3,6-11H2,1H3/b16-13-. The monoisotopic (exact) mass is 406 g/mol. The summed E-state index contributed by atoms with van der Waals surface area (Å²) in [5, 5.41) is 0. The number of thiocarbonyl (C=S) groups is 1. The van der Waals surface area contributed by atoms with Crippen LogP contribution in [0.1, 0.15) is 18.4 Å². The number of amides is 2. The molecule has 2 fully saturated rings. The first-order valence-corrected chi connectivity index (χ1v) is 10.1. The summed E-state index contributed by atoms with van der Waals surface area (Å²) < 4.78 is 11.0. The van der Waals surface area contributed by atoms with Crippen molar-refractivity contribution in [3.63, 3.8) is 0 Å². The molecule has 0 unspecified atom stereocenters. The third-order valence-electron chi connectivity index (χ3n) is 4.40. The molecule has 0 radical (unpaired) electrons. The van der Waals surface area contributed by atoms with Gasteiger partial charge in [0, 0.05) is 26.1 Å². The van der Waals surface area contributed by atoms with Crippen LogP contribution in [0.5, 0.6) is 5.75 Å². The summed E-state index contributed by atoms with van der Waals surface area (Å²) in [4.78, 5) is 28.9. The van der Waals surface area contributed by atoms with Gasteiger partial charge in [-0.15, -0.1) is 0 Å². The van der Waals surface area contributed by atoms with Crippen molar-refractivity contribution in [2.45, 2.75) is 12.8 Å². The quantitative estimate of drug-likeness (QED) is 0.535. The molecule has 2 heterocycles. The van der Waals surface area contributed by atoms with Gasteiger partial charge in [-0.3, -0.25) is 14.5 Å². The van der Waals surface area contributed by atoms with Gasteiger partial charge in [-0.05, 0) is 30.2 Å². The highest BCUT2D eigenvalue weighted by molar-refractivity contribution is 8.26. The summed E-state index contributed by atoms with van der Waals surface area (Å²) >= 11 is 6.65. The van der Waals surface area contributed by atoms with Crippen molar-refractivity contribution in [1.82, 2.24) is 9.80 Å². The van der Waals surface area contributed by atoms with Crippen molar-refractivity contribution in [3.05, 3.63) is 34.7 Å². The lowest BCUT2D eigenvalue weighted by Gasteiger charge is -2.27. The second-order valence-electron chi connectivity index (χ2n) is 6.21. The SMILES string of the molecule is COc1cccc(/C=C2\SC(=S)N(CCCC(=O)N3CCOCC3)C2=O)c1. The average molecular weight is 407 g/mol. The summed E-state index contributed by atoms with van der Waals surface area (Å²) in [5.41, 5.74) is 0.886. The van der Waals surface area contributed by atoms with E-state index < -0.39 is 0 Å². The topological polar surface area (TPSA) is 59.1 Å². The second kappa shape index (κ2) is 9.34. The second-order valence-corrected chi connectivity index (χ2v) is 7.88. The molecule has 1 aromatic carbocycles. The number of nitrogens with zero attached hydrogens (tertiary/aromatic N) is 2. The van der Waals surface area contributed by atoms with E-state index >= 15 is 0 Å². The molecule has 6 nitrogen and oxygen atoms in total. The number of carbonyl (C=O) groups is 2. The van der Waals surface area contributed by atoms with E-state index in [-0.39, 0.29) is 11.8 Å². The van der Waals surface area contributed by atoms with E-state index in [4.69, 9.17) is 21.7 Å². The Morgan fingerprint density at radius 2 is 2.15 bits per heavy atom. The Morgan fingerprint density at radius 3 is 2.89 bits per heavy atom. The van der Waals surface area contributed by atoms with E-state index in [9.17, 15) is 9.59 Å². The third kappa shape index (κ3) is 5.09. The Morgan fingerprint density at radius 1 is 1.37 bits per heavy atom. The number of morpholine rings is 1. The van der Waals surface area contributed by atoms with Crippen LogP contribution in [0.15, 0.2) is 29.2 Å². The number of methoxy groups -OCH3 is 1. The molecule has 3 rings (SSSR count). The van der Waals surface area contributed by atoms with Crippen molar-refractivity contribution in [1.29, 1.82) is 0 Å². The predicted octanol–water partition coefficient (Wildman–Crippen LogP) is 2.54. The smallest absolute Gasteiger partial charge is 0.266 e.